The van der Waals surface area contributed by atoms with Gasteiger partial charge in [0, 0.05) is 17.5 Å². The van der Waals surface area contributed by atoms with Gasteiger partial charge < -0.3 is 0 Å². The van der Waals surface area contributed by atoms with Crippen LogP contribution in [0.5, 0.6) is 0 Å². The summed E-state index contributed by atoms with van der Waals surface area (Å²) >= 11 is 2.28. The average molecular weight is 272 g/mol. The van der Waals surface area contributed by atoms with Crippen LogP contribution in [0.2, 0.25) is 19.6 Å². The Bertz CT molecular complexity index is 245. The number of nitrogens with zero attached hydrogens (tertiary/aromatic N) is 1. The maximum absolute atomic E-state index is 4.82. The van der Waals surface area contributed by atoms with E-state index in [9.17, 15) is 0 Å². The van der Waals surface area contributed by atoms with Gasteiger partial charge in [-0.2, -0.15) is 11.2 Å². The summed E-state index contributed by atoms with van der Waals surface area (Å²) in [5.74, 6) is 0. The number of hydrogen-bond donors (Lipinski definition) is 0. The van der Waals surface area contributed by atoms with Crippen LogP contribution in [0.25, 0.3) is 0 Å². The van der Waals surface area contributed by atoms with Crippen molar-refractivity contribution in [3.8, 4) is 0 Å². The molecular weight excluding hydrogens is 242 g/mol. The van der Waals surface area contributed by atoms with Crippen molar-refractivity contribution in [2.45, 2.75) is 76.8 Å². The lowest BCUT2D eigenvalue weighted by Crippen LogP contribution is -2.25. The number of unbranched alkanes of at least 4 members (excludes halogenated alkanes) is 2. The van der Waals surface area contributed by atoms with E-state index in [-0.39, 0.29) is 0 Å². The molecule has 17 heavy (non-hydrogen) atoms. The molecule has 0 aromatic carbocycles. The van der Waals surface area contributed by atoms with Crippen LogP contribution in [-0.4, -0.2) is 24.7 Å². The van der Waals surface area contributed by atoms with Gasteiger partial charge in [-0.15, -0.1) is 0 Å². The Morgan fingerprint density at radius 2 is 2.06 bits per heavy atom. The third-order valence-corrected chi connectivity index (χ3v) is 7.64. The Morgan fingerprint density at radius 3 is 2.71 bits per heavy atom. The Hall–Kier alpha value is 0.237. The van der Waals surface area contributed by atoms with Crippen molar-refractivity contribution in [1.82, 2.24) is 0 Å². The van der Waals surface area contributed by atoms with Gasteiger partial charge in [0.2, 0.25) is 0 Å². The summed E-state index contributed by atoms with van der Waals surface area (Å²) < 4.78 is 0. The Balaban J connectivity index is 2.33. The van der Waals surface area contributed by atoms with Gasteiger partial charge in [-0.25, -0.2) is 0 Å². The molecule has 1 atom stereocenters. The summed E-state index contributed by atoms with van der Waals surface area (Å²) in [4.78, 5) is 4.82. The van der Waals surface area contributed by atoms with Crippen molar-refractivity contribution in [2.75, 3.05) is 6.54 Å². The minimum atomic E-state index is -0.956. The monoisotopic (exact) mass is 271 g/mol. The molecule has 3 heteroatoms. The molecular formula is C14H29NSSi. The highest BCUT2D eigenvalue weighted by Gasteiger charge is 2.24. The summed E-state index contributed by atoms with van der Waals surface area (Å²) in [6.45, 7) is 10.7. The van der Waals surface area contributed by atoms with E-state index < -0.39 is 7.22 Å². The highest BCUT2D eigenvalue weighted by atomic mass is 32.4. The molecule has 0 heterocycles. The molecule has 1 aliphatic rings. The zero-order chi connectivity index (χ0) is 12.7. The van der Waals surface area contributed by atoms with Crippen LogP contribution in [-0.2, 0) is 0 Å². The molecule has 0 amide bonds. The fraction of sp³-hybridized carbons (Fsp3) is 0.929. The summed E-state index contributed by atoms with van der Waals surface area (Å²) in [5.41, 5.74) is 1.52. The lowest BCUT2D eigenvalue weighted by Gasteiger charge is -2.28. The van der Waals surface area contributed by atoms with Gasteiger partial charge in [0.1, 0.15) is 7.22 Å². The van der Waals surface area contributed by atoms with Gasteiger partial charge in [0.25, 0.3) is 0 Å². The summed E-state index contributed by atoms with van der Waals surface area (Å²) in [5, 5.41) is 0.875. The minimum Gasteiger partial charge on any atom is -0.294 e. The predicted octanol–water partition coefficient (Wildman–Crippen LogP) is 5.13. The highest BCUT2D eigenvalue weighted by molar-refractivity contribution is 8.29. The second-order valence-corrected chi connectivity index (χ2v) is 15.6. The van der Waals surface area contributed by atoms with E-state index in [1.165, 1.54) is 50.7 Å². The van der Waals surface area contributed by atoms with Gasteiger partial charge >= 0.3 is 0 Å². The van der Waals surface area contributed by atoms with Gasteiger partial charge in [-0.3, -0.25) is 4.99 Å². The molecule has 1 aliphatic carbocycles. The second kappa shape index (κ2) is 7.62. The molecule has 1 fully saturated rings. The molecule has 0 N–H and O–H groups in total. The van der Waals surface area contributed by atoms with Crippen LogP contribution in [0, 0.1) is 0 Å². The largest absolute Gasteiger partial charge is 0.294 e. The second-order valence-electron chi connectivity index (χ2n) is 6.10. The van der Waals surface area contributed by atoms with E-state index in [0.717, 1.165) is 11.8 Å². The van der Waals surface area contributed by atoms with Crippen LogP contribution >= 0.6 is 11.2 Å². The molecule has 0 saturated heterocycles. The summed E-state index contributed by atoms with van der Waals surface area (Å²) in [7, 11) is -0.956. The van der Waals surface area contributed by atoms with Crippen molar-refractivity contribution >= 4 is 24.1 Å². The quantitative estimate of drug-likeness (QED) is 0.482. The zero-order valence-corrected chi connectivity index (χ0v) is 13.9. The van der Waals surface area contributed by atoms with Gasteiger partial charge in [-0.05, 0) is 32.1 Å². The minimum absolute atomic E-state index is 0.875. The highest BCUT2D eigenvalue weighted by Crippen LogP contribution is 2.33. The molecule has 1 nitrogen and oxygen atoms in total. The Kier molecular flexibility index (Phi) is 6.86. The fourth-order valence-corrected chi connectivity index (χ4v) is 7.51. The Morgan fingerprint density at radius 1 is 1.29 bits per heavy atom. The summed E-state index contributed by atoms with van der Waals surface area (Å²) in [6.07, 6.45) is 9.27. The van der Waals surface area contributed by atoms with E-state index in [4.69, 9.17) is 4.99 Å². The maximum Gasteiger partial charge on any atom is 0.108 e. The molecule has 0 aromatic heterocycles. The van der Waals surface area contributed by atoms with Gasteiger partial charge in [0.15, 0.2) is 0 Å². The predicted molar refractivity (Wildman–Crippen MR) is 85.0 cm³/mol. The van der Waals surface area contributed by atoms with E-state index in [0.29, 0.717) is 0 Å². The first kappa shape index (κ1) is 15.3. The smallest absolute Gasteiger partial charge is 0.108 e. The van der Waals surface area contributed by atoms with Crippen molar-refractivity contribution in [3.63, 3.8) is 0 Å². The van der Waals surface area contributed by atoms with E-state index in [1.807, 2.05) is 0 Å². The Labute approximate surface area is 113 Å². The topological polar surface area (TPSA) is 12.4 Å². The van der Waals surface area contributed by atoms with Gasteiger partial charge in [0.05, 0.1) is 0 Å². The lowest BCUT2D eigenvalue weighted by atomic mass is 9.98. The standard InChI is InChI=1S/C14H29NSSi/c1-5-6-7-11-15-13-9-8-10-14(12-13)16-17(2,3)4/h14H,5-12H2,1-4H3. The SMILES string of the molecule is CCCCCN=C1CCCC(S[Si](C)(C)C)C1. The fourth-order valence-electron chi connectivity index (χ4n) is 2.34. The lowest BCUT2D eigenvalue weighted by molar-refractivity contribution is 0.671. The van der Waals surface area contributed by atoms with Crippen molar-refractivity contribution < 1.29 is 0 Å². The first-order valence-corrected chi connectivity index (χ1v) is 12.3. The molecule has 1 saturated carbocycles. The molecule has 0 radical (unpaired) electrons. The molecule has 1 rings (SSSR count). The first-order valence-electron chi connectivity index (χ1n) is 7.21. The molecule has 0 spiro atoms. The molecule has 100 valence electrons. The van der Waals surface area contributed by atoms with Crippen LogP contribution in [0.3, 0.4) is 0 Å². The van der Waals surface area contributed by atoms with E-state index >= 15 is 0 Å². The third-order valence-electron chi connectivity index (χ3n) is 3.07. The van der Waals surface area contributed by atoms with E-state index in [2.05, 4.69) is 37.8 Å². The summed E-state index contributed by atoms with van der Waals surface area (Å²) in [6, 6.07) is 0. The zero-order valence-electron chi connectivity index (χ0n) is 12.1. The van der Waals surface area contributed by atoms with Crippen LogP contribution in [0.1, 0.15) is 51.9 Å². The van der Waals surface area contributed by atoms with Crippen molar-refractivity contribution in [3.05, 3.63) is 0 Å². The van der Waals surface area contributed by atoms with Crippen molar-refractivity contribution in [1.29, 1.82) is 0 Å². The van der Waals surface area contributed by atoms with Crippen LogP contribution in [0.4, 0.5) is 0 Å². The van der Waals surface area contributed by atoms with Gasteiger partial charge in [-0.1, -0.05) is 39.4 Å². The maximum atomic E-state index is 4.82. The molecule has 0 aliphatic heterocycles. The average Bonchev–Trinajstić information content (AvgIpc) is 2.23. The molecule has 0 aromatic rings. The molecule has 0 bridgehead atoms. The van der Waals surface area contributed by atoms with E-state index in [1.54, 1.807) is 0 Å². The first-order chi connectivity index (χ1) is 8.01. The number of rotatable bonds is 6. The molecule has 1 unspecified atom stereocenters. The van der Waals surface area contributed by atoms with Crippen LogP contribution < -0.4 is 0 Å². The normalized spacial score (nSPS) is 24.2. The van der Waals surface area contributed by atoms with Crippen LogP contribution in [0.15, 0.2) is 4.99 Å². The van der Waals surface area contributed by atoms with Crippen molar-refractivity contribution in [2.24, 2.45) is 4.99 Å². The number of aliphatic imine (C=N–C) groups is 1. The number of hydrogen-bond acceptors (Lipinski definition) is 2. The third kappa shape index (κ3) is 7.30.